The number of hydrogen-bond acceptors (Lipinski definition) is 2. The van der Waals surface area contributed by atoms with Crippen LogP contribution in [0.15, 0.2) is 18.2 Å². The van der Waals surface area contributed by atoms with E-state index in [4.69, 9.17) is 21.6 Å². The first kappa shape index (κ1) is 10.8. The highest BCUT2D eigenvalue weighted by Crippen LogP contribution is 2.31. The summed E-state index contributed by atoms with van der Waals surface area (Å²) in [6.07, 6.45) is 0. The van der Waals surface area contributed by atoms with Crippen LogP contribution in [0.4, 0.5) is 0 Å². The molecule has 0 aliphatic rings. The number of aryl methyl sites for hydroxylation is 1. The average Bonchev–Trinajstić information content (AvgIpc) is 2.52. The summed E-state index contributed by atoms with van der Waals surface area (Å²) >= 11 is 6.07. The number of hydrogen-bond donors (Lipinski definition) is 0. The van der Waals surface area contributed by atoms with Gasteiger partial charge in [0.25, 0.3) is 0 Å². The third-order valence-corrected chi connectivity index (χ3v) is 2.96. The highest BCUT2D eigenvalue weighted by molar-refractivity contribution is 6.32. The summed E-state index contributed by atoms with van der Waals surface area (Å²) in [6.45, 7) is 2.53. The lowest BCUT2D eigenvalue weighted by Crippen LogP contribution is -1.91. The Morgan fingerprint density at radius 1 is 1.50 bits per heavy atom. The van der Waals surface area contributed by atoms with Crippen molar-refractivity contribution < 1.29 is 4.74 Å². The molecule has 0 aliphatic heterocycles. The Hall–Kier alpha value is -1.66. The maximum atomic E-state index is 9.06. The number of benzene rings is 1. The zero-order chi connectivity index (χ0) is 11.7. The van der Waals surface area contributed by atoms with E-state index < -0.39 is 0 Å². The van der Waals surface area contributed by atoms with Crippen molar-refractivity contribution in [1.29, 1.82) is 5.26 Å². The number of fused-ring (bicyclic) bond motifs is 1. The molecule has 0 aliphatic carbocycles. The van der Waals surface area contributed by atoms with E-state index in [0.29, 0.717) is 17.3 Å². The SMILES string of the molecule is CCOc1ccc2c(c1)c(C#N)c(Cl)n2C. The molecule has 82 valence electrons. The van der Waals surface area contributed by atoms with Crippen LogP contribution < -0.4 is 4.74 Å². The molecule has 1 aromatic heterocycles. The van der Waals surface area contributed by atoms with E-state index in [1.165, 1.54) is 0 Å². The smallest absolute Gasteiger partial charge is 0.127 e. The van der Waals surface area contributed by atoms with Gasteiger partial charge in [-0.1, -0.05) is 11.6 Å². The van der Waals surface area contributed by atoms with E-state index in [9.17, 15) is 0 Å². The van der Waals surface area contributed by atoms with Gasteiger partial charge >= 0.3 is 0 Å². The lowest BCUT2D eigenvalue weighted by atomic mass is 10.2. The highest BCUT2D eigenvalue weighted by atomic mass is 35.5. The minimum absolute atomic E-state index is 0.464. The van der Waals surface area contributed by atoms with Crippen LogP contribution in [0, 0.1) is 11.3 Å². The van der Waals surface area contributed by atoms with Crippen molar-refractivity contribution in [3.8, 4) is 11.8 Å². The van der Waals surface area contributed by atoms with Crippen LogP contribution in [0.25, 0.3) is 10.9 Å². The summed E-state index contributed by atoms with van der Waals surface area (Å²) < 4.78 is 7.20. The number of aromatic nitrogens is 1. The predicted octanol–water partition coefficient (Wildman–Crippen LogP) is 3.10. The van der Waals surface area contributed by atoms with E-state index in [1.807, 2.05) is 32.2 Å². The van der Waals surface area contributed by atoms with Crippen LogP contribution in [0.2, 0.25) is 5.15 Å². The molecule has 0 spiro atoms. The number of nitrogens with zero attached hydrogens (tertiary/aromatic N) is 2. The van der Waals surface area contributed by atoms with E-state index in [0.717, 1.165) is 16.7 Å². The molecule has 2 aromatic rings. The van der Waals surface area contributed by atoms with Crippen LogP contribution in [0.1, 0.15) is 12.5 Å². The lowest BCUT2D eigenvalue weighted by Gasteiger charge is -2.03. The second kappa shape index (κ2) is 4.07. The summed E-state index contributed by atoms with van der Waals surface area (Å²) in [5.41, 5.74) is 1.44. The summed E-state index contributed by atoms with van der Waals surface area (Å²) in [5.74, 6) is 0.758. The van der Waals surface area contributed by atoms with Crippen molar-refractivity contribution in [2.75, 3.05) is 6.61 Å². The highest BCUT2D eigenvalue weighted by Gasteiger charge is 2.13. The molecule has 0 N–H and O–H groups in total. The minimum atomic E-state index is 0.464. The topological polar surface area (TPSA) is 37.9 Å². The van der Waals surface area contributed by atoms with Gasteiger partial charge in [-0.25, -0.2) is 0 Å². The van der Waals surface area contributed by atoms with Gasteiger partial charge in [0.1, 0.15) is 17.0 Å². The number of nitriles is 1. The third-order valence-electron chi connectivity index (χ3n) is 2.52. The molecular formula is C12H11ClN2O. The van der Waals surface area contributed by atoms with Gasteiger partial charge in [0.2, 0.25) is 0 Å². The molecule has 0 saturated heterocycles. The predicted molar refractivity (Wildman–Crippen MR) is 63.8 cm³/mol. The maximum absolute atomic E-state index is 9.06. The molecule has 4 heteroatoms. The molecule has 1 aromatic carbocycles. The Balaban J connectivity index is 2.73. The summed E-state index contributed by atoms with van der Waals surface area (Å²) in [5, 5.41) is 10.4. The quantitative estimate of drug-likeness (QED) is 0.801. The molecular weight excluding hydrogens is 224 g/mol. The summed E-state index contributed by atoms with van der Waals surface area (Å²) in [7, 11) is 1.84. The van der Waals surface area contributed by atoms with E-state index in [1.54, 1.807) is 4.57 Å². The second-order valence-corrected chi connectivity index (χ2v) is 3.81. The average molecular weight is 235 g/mol. The van der Waals surface area contributed by atoms with Crippen LogP contribution in [-0.2, 0) is 7.05 Å². The van der Waals surface area contributed by atoms with Crippen molar-refractivity contribution in [2.45, 2.75) is 6.92 Å². The van der Waals surface area contributed by atoms with Crippen LogP contribution in [0.5, 0.6) is 5.75 Å². The molecule has 0 unspecified atom stereocenters. The van der Waals surface area contributed by atoms with Crippen molar-refractivity contribution in [3.05, 3.63) is 28.9 Å². The monoisotopic (exact) mass is 234 g/mol. The summed E-state index contributed by atoms with van der Waals surface area (Å²) in [6, 6.07) is 7.76. The first-order valence-electron chi connectivity index (χ1n) is 4.99. The van der Waals surface area contributed by atoms with Gasteiger partial charge in [-0.15, -0.1) is 0 Å². The standard InChI is InChI=1S/C12H11ClN2O/c1-3-16-8-4-5-11-9(6-8)10(7-14)12(13)15(11)2/h4-6H,3H2,1-2H3. The van der Waals surface area contributed by atoms with Gasteiger partial charge in [-0.05, 0) is 25.1 Å². The number of ether oxygens (including phenoxy) is 1. The molecule has 0 amide bonds. The Labute approximate surface area is 98.8 Å². The van der Waals surface area contributed by atoms with Crippen molar-refractivity contribution in [1.82, 2.24) is 4.57 Å². The van der Waals surface area contributed by atoms with Gasteiger partial charge in [-0.2, -0.15) is 5.26 Å². The molecule has 3 nitrogen and oxygen atoms in total. The first-order chi connectivity index (χ1) is 7.69. The van der Waals surface area contributed by atoms with Crippen molar-refractivity contribution >= 4 is 22.5 Å². The second-order valence-electron chi connectivity index (χ2n) is 3.45. The van der Waals surface area contributed by atoms with Gasteiger partial charge in [0.05, 0.1) is 17.7 Å². The van der Waals surface area contributed by atoms with E-state index >= 15 is 0 Å². The Morgan fingerprint density at radius 3 is 2.88 bits per heavy atom. The number of rotatable bonds is 2. The summed E-state index contributed by atoms with van der Waals surface area (Å²) in [4.78, 5) is 0. The Kier molecular flexibility index (Phi) is 2.76. The van der Waals surface area contributed by atoms with Crippen molar-refractivity contribution in [3.63, 3.8) is 0 Å². The van der Waals surface area contributed by atoms with E-state index in [-0.39, 0.29) is 0 Å². The van der Waals surface area contributed by atoms with Crippen LogP contribution in [-0.4, -0.2) is 11.2 Å². The first-order valence-corrected chi connectivity index (χ1v) is 5.37. The fourth-order valence-corrected chi connectivity index (χ4v) is 1.99. The number of halogens is 1. The fraction of sp³-hybridized carbons (Fsp3) is 0.250. The van der Waals surface area contributed by atoms with Gasteiger partial charge in [0.15, 0.2) is 0 Å². The van der Waals surface area contributed by atoms with Crippen LogP contribution >= 0.6 is 11.6 Å². The Bertz CT molecular complexity index is 581. The van der Waals surface area contributed by atoms with Gasteiger partial charge in [0, 0.05) is 12.4 Å². The largest absolute Gasteiger partial charge is 0.494 e. The van der Waals surface area contributed by atoms with E-state index in [2.05, 4.69) is 6.07 Å². The molecule has 0 saturated carbocycles. The zero-order valence-electron chi connectivity index (χ0n) is 9.12. The van der Waals surface area contributed by atoms with Gasteiger partial charge in [-0.3, -0.25) is 0 Å². The van der Waals surface area contributed by atoms with Gasteiger partial charge < -0.3 is 9.30 Å². The third kappa shape index (κ3) is 1.52. The normalized spacial score (nSPS) is 10.4. The molecule has 16 heavy (non-hydrogen) atoms. The van der Waals surface area contributed by atoms with Crippen LogP contribution in [0.3, 0.4) is 0 Å². The molecule has 0 atom stereocenters. The lowest BCUT2D eigenvalue weighted by molar-refractivity contribution is 0.340. The molecule has 0 fully saturated rings. The fourth-order valence-electron chi connectivity index (χ4n) is 1.76. The van der Waals surface area contributed by atoms with Crippen molar-refractivity contribution in [2.24, 2.45) is 7.05 Å². The zero-order valence-corrected chi connectivity index (χ0v) is 9.88. The molecule has 0 radical (unpaired) electrons. The molecule has 1 heterocycles. The minimum Gasteiger partial charge on any atom is -0.494 e. The molecule has 0 bridgehead atoms. The maximum Gasteiger partial charge on any atom is 0.127 e. The Morgan fingerprint density at radius 2 is 2.25 bits per heavy atom. The molecule has 2 rings (SSSR count).